The number of benzene rings is 1. The average Bonchev–Trinajstić information content (AvgIpc) is 2.62. The number of carboxylic acid groups (broad SMARTS) is 1. The summed E-state index contributed by atoms with van der Waals surface area (Å²) in [6, 6.07) is 10.5. The topological polar surface area (TPSA) is 55.8 Å². The molecule has 1 aliphatic heterocycles. The standard InChI is InChI=1S/C25H36O4/c1-18(11-12-22-9-7-6-8-10-22)13-19(2)14-20(3)16-25(5)17-21(4)23(28-29-25)15-24(26)27/h6-11,13,20-21,23H,12,14-17H2,1-5H3,(H,26,27)/t20?,21-,23+,25?/m0/s1. The molecule has 1 aromatic carbocycles. The van der Waals surface area contributed by atoms with E-state index in [-0.39, 0.29) is 24.0 Å². The predicted molar refractivity (Wildman–Crippen MR) is 116 cm³/mol. The van der Waals surface area contributed by atoms with Crippen LogP contribution in [0.1, 0.15) is 65.9 Å². The van der Waals surface area contributed by atoms with Crippen LogP contribution in [0.5, 0.6) is 0 Å². The van der Waals surface area contributed by atoms with E-state index in [2.05, 4.69) is 64.1 Å². The molecule has 0 amide bonds. The van der Waals surface area contributed by atoms with Crippen LogP contribution in [-0.2, 0) is 21.0 Å². The summed E-state index contributed by atoms with van der Waals surface area (Å²) in [5.41, 5.74) is 3.60. The van der Waals surface area contributed by atoms with Crippen molar-refractivity contribution in [3.05, 3.63) is 59.2 Å². The molecule has 1 aromatic rings. The first kappa shape index (κ1) is 23.4. The monoisotopic (exact) mass is 400 g/mol. The summed E-state index contributed by atoms with van der Waals surface area (Å²) in [5.74, 6) is -0.235. The van der Waals surface area contributed by atoms with Gasteiger partial charge in [-0.1, -0.05) is 67.5 Å². The molecule has 0 radical (unpaired) electrons. The van der Waals surface area contributed by atoms with Crippen LogP contribution >= 0.6 is 0 Å². The highest BCUT2D eigenvalue weighted by molar-refractivity contribution is 5.67. The second kappa shape index (κ2) is 10.7. The second-order valence-electron chi connectivity index (χ2n) is 9.09. The fourth-order valence-electron chi connectivity index (χ4n) is 4.40. The highest BCUT2D eigenvalue weighted by Crippen LogP contribution is 2.37. The van der Waals surface area contributed by atoms with Gasteiger partial charge >= 0.3 is 5.97 Å². The molecule has 0 spiro atoms. The first-order chi connectivity index (χ1) is 13.7. The lowest BCUT2D eigenvalue weighted by Crippen LogP contribution is -2.44. The number of hydrogen-bond acceptors (Lipinski definition) is 3. The lowest BCUT2D eigenvalue weighted by atomic mass is 9.80. The maximum Gasteiger partial charge on any atom is 0.306 e. The van der Waals surface area contributed by atoms with Gasteiger partial charge < -0.3 is 5.11 Å². The molecule has 2 unspecified atom stereocenters. The Morgan fingerprint density at radius 3 is 2.62 bits per heavy atom. The van der Waals surface area contributed by atoms with E-state index in [1.165, 1.54) is 16.7 Å². The van der Waals surface area contributed by atoms with Crippen LogP contribution in [0.15, 0.2) is 53.6 Å². The third-order valence-electron chi connectivity index (χ3n) is 5.56. The number of carbonyl (C=O) groups is 1. The summed E-state index contributed by atoms with van der Waals surface area (Å²) < 4.78 is 0. The van der Waals surface area contributed by atoms with Gasteiger partial charge in [0.2, 0.25) is 0 Å². The Kier molecular flexibility index (Phi) is 8.66. The van der Waals surface area contributed by atoms with Crippen LogP contribution in [0.4, 0.5) is 0 Å². The highest BCUT2D eigenvalue weighted by atomic mass is 17.2. The van der Waals surface area contributed by atoms with Gasteiger partial charge in [-0.15, -0.1) is 0 Å². The van der Waals surface area contributed by atoms with Gasteiger partial charge in [0.25, 0.3) is 0 Å². The van der Waals surface area contributed by atoms with Crippen molar-refractivity contribution in [2.24, 2.45) is 11.8 Å². The molecule has 4 heteroatoms. The largest absolute Gasteiger partial charge is 0.481 e. The Hall–Kier alpha value is -1.91. The lowest BCUT2D eigenvalue weighted by Gasteiger charge is -2.41. The molecular formula is C25H36O4. The first-order valence-electron chi connectivity index (χ1n) is 10.6. The number of allylic oxidation sites excluding steroid dienone is 4. The van der Waals surface area contributed by atoms with Crippen LogP contribution in [0.3, 0.4) is 0 Å². The quantitative estimate of drug-likeness (QED) is 0.400. The van der Waals surface area contributed by atoms with Crippen molar-refractivity contribution < 1.29 is 19.7 Å². The molecule has 4 atom stereocenters. The van der Waals surface area contributed by atoms with Gasteiger partial charge in [0.1, 0.15) is 11.7 Å². The molecule has 1 aliphatic rings. The second-order valence-corrected chi connectivity index (χ2v) is 9.09. The molecule has 160 valence electrons. The highest BCUT2D eigenvalue weighted by Gasteiger charge is 2.40. The minimum atomic E-state index is -0.848. The zero-order valence-electron chi connectivity index (χ0n) is 18.5. The Bertz CT molecular complexity index is 722. The van der Waals surface area contributed by atoms with E-state index in [1.807, 2.05) is 13.0 Å². The normalized spacial score (nSPS) is 26.9. The maximum atomic E-state index is 10.9. The molecule has 1 N–H and O–H groups in total. The SMILES string of the molecule is CC(=CCc1ccccc1)C=C(C)CC(C)CC1(C)C[C@H](C)[C@@H](CC(=O)O)OO1. The van der Waals surface area contributed by atoms with Crippen LogP contribution in [-0.4, -0.2) is 22.8 Å². The number of carboxylic acids is 1. The molecule has 0 aliphatic carbocycles. The molecule has 0 saturated carbocycles. The predicted octanol–water partition coefficient (Wildman–Crippen LogP) is 6.13. The Balaban J connectivity index is 1.85. The van der Waals surface area contributed by atoms with Gasteiger partial charge in [-0.05, 0) is 63.9 Å². The summed E-state index contributed by atoms with van der Waals surface area (Å²) >= 11 is 0. The molecule has 4 nitrogen and oxygen atoms in total. The van der Waals surface area contributed by atoms with E-state index in [9.17, 15) is 4.79 Å². The van der Waals surface area contributed by atoms with Crippen molar-refractivity contribution in [2.45, 2.75) is 78.4 Å². The third-order valence-corrected chi connectivity index (χ3v) is 5.56. The fourth-order valence-corrected chi connectivity index (χ4v) is 4.40. The molecule has 2 rings (SSSR count). The molecule has 0 aromatic heterocycles. The number of rotatable bonds is 9. The maximum absolute atomic E-state index is 10.9. The van der Waals surface area contributed by atoms with Crippen molar-refractivity contribution in [2.75, 3.05) is 0 Å². The summed E-state index contributed by atoms with van der Waals surface area (Å²) in [6.45, 7) is 10.7. The molecule has 0 bridgehead atoms. The molecule has 29 heavy (non-hydrogen) atoms. The van der Waals surface area contributed by atoms with E-state index in [4.69, 9.17) is 14.9 Å². The fraction of sp³-hybridized carbons (Fsp3) is 0.560. The smallest absolute Gasteiger partial charge is 0.306 e. The van der Waals surface area contributed by atoms with Crippen molar-refractivity contribution in [1.29, 1.82) is 0 Å². The van der Waals surface area contributed by atoms with E-state index in [0.717, 1.165) is 25.7 Å². The zero-order valence-corrected chi connectivity index (χ0v) is 18.5. The summed E-state index contributed by atoms with van der Waals surface area (Å²) in [6.07, 6.45) is 7.81. The summed E-state index contributed by atoms with van der Waals surface area (Å²) in [4.78, 5) is 22.1. The Morgan fingerprint density at radius 2 is 2.00 bits per heavy atom. The number of aliphatic carboxylic acids is 1. The van der Waals surface area contributed by atoms with Crippen molar-refractivity contribution in [1.82, 2.24) is 0 Å². The van der Waals surface area contributed by atoms with Crippen LogP contribution in [0.25, 0.3) is 0 Å². The minimum absolute atomic E-state index is 0.0107. The number of hydrogen-bond donors (Lipinski definition) is 1. The van der Waals surface area contributed by atoms with Gasteiger partial charge in [0.15, 0.2) is 0 Å². The van der Waals surface area contributed by atoms with Gasteiger partial charge in [-0.3, -0.25) is 4.79 Å². The van der Waals surface area contributed by atoms with E-state index in [1.54, 1.807) is 0 Å². The zero-order chi connectivity index (χ0) is 21.4. The molecule has 1 heterocycles. The van der Waals surface area contributed by atoms with Crippen molar-refractivity contribution in [3.63, 3.8) is 0 Å². The Labute approximate surface area is 175 Å². The molecule has 1 fully saturated rings. The first-order valence-corrected chi connectivity index (χ1v) is 10.6. The van der Waals surface area contributed by atoms with Gasteiger partial charge in [-0.25, -0.2) is 9.78 Å². The van der Waals surface area contributed by atoms with Crippen molar-refractivity contribution in [3.8, 4) is 0 Å². The van der Waals surface area contributed by atoms with Gasteiger partial charge in [0.05, 0.1) is 6.42 Å². The Morgan fingerprint density at radius 1 is 1.31 bits per heavy atom. The van der Waals surface area contributed by atoms with E-state index in [0.29, 0.717) is 5.92 Å². The summed E-state index contributed by atoms with van der Waals surface area (Å²) in [5, 5.41) is 8.99. The summed E-state index contributed by atoms with van der Waals surface area (Å²) in [7, 11) is 0. The van der Waals surface area contributed by atoms with Crippen LogP contribution < -0.4 is 0 Å². The van der Waals surface area contributed by atoms with Gasteiger partial charge in [0, 0.05) is 0 Å². The lowest BCUT2D eigenvalue weighted by molar-refractivity contribution is -0.418. The van der Waals surface area contributed by atoms with Gasteiger partial charge in [-0.2, -0.15) is 0 Å². The average molecular weight is 401 g/mol. The van der Waals surface area contributed by atoms with Crippen molar-refractivity contribution >= 4 is 5.97 Å². The third kappa shape index (κ3) is 8.15. The van der Waals surface area contributed by atoms with E-state index < -0.39 is 5.97 Å². The van der Waals surface area contributed by atoms with E-state index >= 15 is 0 Å². The molecular weight excluding hydrogens is 364 g/mol. The minimum Gasteiger partial charge on any atom is -0.481 e. The van der Waals surface area contributed by atoms with Crippen LogP contribution in [0.2, 0.25) is 0 Å². The van der Waals surface area contributed by atoms with Crippen LogP contribution in [0, 0.1) is 11.8 Å². The molecule has 1 saturated heterocycles.